The highest BCUT2D eigenvalue weighted by Gasteiger charge is 2.28. The van der Waals surface area contributed by atoms with Crippen LogP contribution in [0.3, 0.4) is 0 Å². The number of nitrogens with one attached hydrogen (secondary N) is 1. The molecule has 3 amide bonds. The topological polar surface area (TPSA) is 83.6 Å². The molecule has 36 heavy (non-hydrogen) atoms. The zero-order valence-corrected chi connectivity index (χ0v) is 20.9. The molecule has 194 valence electrons. The lowest BCUT2D eigenvalue weighted by Crippen LogP contribution is -2.52. The number of carbonyl (C=O) groups excluding carboxylic acids is 2. The van der Waals surface area contributed by atoms with E-state index in [9.17, 15) is 9.59 Å². The van der Waals surface area contributed by atoms with Crippen LogP contribution in [0.2, 0.25) is 0 Å². The summed E-state index contributed by atoms with van der Waals surface area (Å²) in [4.78, 5) is 32.2. The summed E-state index contributed by atoms with van der Waals surface area (Å²) >= 11 is 0. The van der Waals surface area contributed by atoms with Gasteiger partial charge in [0.1, 0.15) is 5.75 Å². The summed E-state index contributed by atoms with van der Waals surface area (Å²) < 4.78 is 16.7. The number of urea groups is 1. The van der Waals surface area contributed by atoms with E-state index in [1.54, 1.807) is 18.1 Å². The molecule has 9 heteroatoms. The Bertz CT molecular complexity index is 983. The Morgan fingerprint density at radius 3 is 2.64 bits per heavy atom. The summed E-state index contributed by atoms with van der Waals surface area (Å²) in [5.74, 6) is 0.747. The van der Waals surface area contributed by atoms with E-state index in [2.05, 4.69) is 10.2 Å². The number of hydrogen-bond donors (Lipinski definition) is 1. The van der Waals surface area contributed by atoms with Crippen molar-refractivity contribution in [1.82, 2.24) is 14.7 Å². The average Bonchev–Trinajstić information content (AvgIpc) is 2.92. The highest BCUT2D eigenvalue weighted by atomic mass is 16.5. The quantitative estimate of drug-likeness (QED) is 0.574. The smallest absolute Gasteiger partial charge is 0.322 e. The van der Waals surface area contributed by atoms with Gasteiger partial charge in [-0.1, -0.05) is 36.4 Å². The molecule has 2 fully saturated rings. The van der Waals surface area contributed by atoms with Crippen LogP contribution in [0.1, 0.15) is 5.56 Å². The molecule has 1 unspecified atom stereocenters. The van der Waals surface area contributed by atoms with Gasteiger partial charge in [0.25, 0.3) is 0 Å². The highest BCUT2D eigenvalue weighted by molar-refractivity contribution is 5.89. The number of nitrogens with zero attached hydrogens (tertiary/aromatic N) is 3. The van der Waals surface area contributed by atoms with Gasteiger partial charge in [0.15, 0.2) is 0 Å². The van der Waals surface area contributed by atoms with Crippen LogP contribution in [-0.2, 0) is 20.7 Å². The number of benzene rings is 2. The fourth-order valence-electron chi connectivity index (χ4n) is 4.45. The number of anilines is 1. The lowest BCUT2D eigenvalue weighted by atomic mass is 10.1. The molecule has 0 aliphatic carbocycles. The number of amides is 3. The zero-order chi connectivity index (χ0) is 25.2. The fraction of sp³-hybridized carbons (Fsp3) is 0.481. The van der Waals surface area contributed by atoms with Gasteiger partial charge in [-0.15, -0.1) is 0 Å². The van der Waals surface area contributed by atoms with E-state index in [1.807, 2.05) is 53.4 Å². The van der Waals surface area contributed by atoms with Crippen molar-refractivity contribution < 1.29 is 23.8 Å². The second kappa shape index (κ2) is 13.2. The van der Waals surface area contributed by atoms with Crippen LogP contribution in [0.15, 0.2) is 54.6 Å². The molecule has 0 radical (unpaired) electrons. The first-order valence-electron chi connectivity index (χ1n) is 12.5. The maximum absolute atomic E-state index is 13.3. The Morgan fingerprint density at radius 2 is 1.86 bits per heavy atom. The van der Waals surface area contributed by atoms with E-state index in [4.69, 9.17) is 14.2 Å². The minimum absolute atomic E-state index is 0.0658. The number of ether oxygens (including phenoxy) is 3. The Labute approximate surface area is 212 Å². The van der Waals surface area contributed by atoms with Gasteiger partial charge in [0, 0.05) is 51.0 Å². The van der Waals surface area contributed by atoms with Crippen molar-refractivity contribution in [1.29, 1.82) is 0 Å². The number of rotatable bonds is 9. The monoisotopic (exact) mass is 496 g/mol. The summed E-state index contributed by atoms with van der Waals surface area (Å²) in [5.41, 5.74) is 1.66. The van der Waals surface area contributed by atoms with E-state index in [-0.39, 0.29) is 18.0 Å². The Balaban J connectivity index is 1.36. The molecule has 0 saturated carbocycles. The molecule has 2 aromatic rings. The van der Waals surface area contributed by atoms with Gasteiger partial charge in [0.05, 0.1) is 46.0 Å². The normalized spacial score (nSPS) is 18.5. The van der Waals surface area contributed by atoms with Crippen LogP contribution in [-0.4, -0.2) is 105 Å². The van der Waals surface area contributed by atoms with E-state index < -0.39 is 0 Å². The molecular formula is C27H36N4O5. The van der Waals surface area contributed by atoms with E-state index >= 15 is 0 Å². The minimum atomic E-state index is -0.251. The van der Waals surface area contributed by atoms with Crippen molar-refractivity contribution in [2.24, 2.45) is 0 Å². The molecule has 2 heterocycles. The molecule has 2 aliphatic rings. The number of methoxy groups -OCH3 is 1. The highest BCUT2D eigenvalue weighted by Crippen LogP contribution is 2.18. The van der Waals surface area contributed by atoms with E-state index in [1.165, 1.54) is 0 Å². The molecule has 2 aromatic carbocycles. The van der Waals surface area contributed by atoms with E-state index in [0.29, 0.717) is 50.6 Å². The summed E-state index contributed by atoms with van der Waals surface area (Å²) in [6.07, 6.45) is 0.0932. The van der Waals surface area contributed by atoms with Gasteiger partial charge in [-0.25, -0.2) is 4.79 Å². The summed E-state index contributed by atoms with van der Waals surface area (Å²) in [6.45, 7) is 6.39. The van der Waals surface area contributed by atoms with Crippen molar-refractivity contribution in [3.63, 3.8) is 0 Å². The van der Waals surface area contributed by atoms with Crippen molar-refractivity contribution in [2.45, 2.75) is 12.5 Å². The second-order valence-electron chi connectivity index (χ2n) is 9.06. The largest absolute Gasteiger partial charge is 0.497 e. The SMILES string of the molecule is COc1cccc(NC(=O)N2CCOC(CN(CCN3CCOCC3)C(=O)Cc3ccccc3)C2)c1. The van der Waals surface area contributed by atoms with Gasteiger partial charge in [0.2, 0.25) is 5.91 Å². The predicted molar refractivity (Wildman–Crippen MR) is 137 cm³/mol. The van der Waals surface area contributed by atoms with Gasteiger partial charge < -0.3 is 29.3 Å². The predicted octanol–water partition coefficient (Wildman–Crippen LogP) is 2.33. The van der Waals surface area contributed by atoms with Crippen LogP contribution in [0.4, 0.5) is 10.5 Å². The molecule has 0 aromatic heterocycles. The third kappa shape index (κ3) is 7.68. The zero-order valence-electron chi connectivity index (χ0n) is 20.9. The molecule has 0 spiro atoms. The van der Waals surface area contributed by atoms with Crippen LogP contribution >= 0.6 is 0 Å². The van der Waals surface area contributed by atoms with E-state index in [0.717, 1.165) is 38.4 Å². The summed E-state index contributed by atoms with van der Waals surface area (Å²) in [5, 5.41) is 2.94. The lowest BCUT2D eigenvalue weighted by Gasteiger charge is -2.36. The molecule has 1 atom stereocenters. The number of morpholine rings is 2. The van der Waals surface area contributed by atoms with Gasteiger partial charge >= 0.3 is 6.03 Å². The first kappa shape index (κ1) is 25.9. The van der Waals surface area contributed by atoms with Crippen molar-refractivity contribution in [3.8, 4) is 5.75 Å². The molecular weight excluding hydrogens is 460 g/mol. The first-order valence-corrected chi connectivity index (χ1v) is 12.5. The molecule has 1 N–H and O–H groups in total. The van der Waals surface area contributed by atoms with Crippen LogP contribution < -0.4 is 10.1 Å². The van der Waals surface area contributed by atoms with Gasteiger partial charge in [-0.05, 0) is 17.7 Å². The number of hydrogen-bond acceptors (Lipinski definition) is 6. The van der Waals surface area contributed by atoms with Crippen molar-refractivity contribution >= 4 is 17.6 Å². The third-order valence-corrected chi connectivity index (χ3v) is 6.51. The molecule has 2 aliphatic heterocycles. The minimum Gasteiger partial charge on any atom is -0.497 e. The maximum Gasteiger partial charge on any atom is 0.322 e. The van der Waals surface area contributed by atoms with Gasteiger partial charge in [-0.2, -0.15) is 0 Å². The van der Waals surface area contributed by atoms with Gasteiger partial charge in [-0.3, -0.25) is 9.69 Å². The Kier molecular flexibility index (Phi) is 9.54. The molecule has 9 nitrogen and oxygen atoms in total. The van der Waals surface area contributed by atoms with Crippen molar-refractivity contribution in [2.75, 3.05) is 78.1 Å². The standard InChI is InChI=1S/C27H36N4O5/c1-34-24-9-5-8-23(19-24)28-27(33)31-14-17-36-25(21-31)20-30(11-10-29-12-15-35-16-13-29)26(32)18-22-6-3-2-4-7-22/h2-9,19,25H,10-18,20-21H2,1H3,(H,28,33). The first-order chi connectivity index (χ1) is 17.6. The number of carbonyl (C=O) groups is 2. The van der Waals surface area contributed by atoms with Crippen LogP contribution in [0.5, 0.6) is 5.75 Å². The summed E-state index contributed by atoms with van der Waals surface area (Å²) in [7, 11) is 1.59. The Morgan fingerprint density at radius 1 is 1.06 bits per heavy atom. The lowest BCUT2D eigenvalue weighted by molar-refractivity contribution is -0.134. The molecule has 2 saturated heterocycles. The van der Waals surface area contributed by atoms with Crippen molar-refractivity contribution in [3.05, 3.63) is 60.2 Å². The maximum atomic E-state index is 13.3. The average molecular weight is 497 g/mol. The van der Waals surface area contributed by atoms with Crippen LogP contribution in [0.25, 0.3) is 0 Å². The molecule has 0 bridgehead atoms. The third-order valence-electron chi connectivity index (χ3n) is 6.51. The molecule has 4 rings (SSSR count). The fourth-order valence-corrected chi connectivity index (χ4v) is 4.45. The summed E-state index contributed by atoms with van der Waals surface area (Å²) in [6, 6.07) is 16.9. The Hall–Kier alpha value is -3.14. The van der Waals surface area contributed by atoms with Crippen LogP contribution in [0, 0.1) is 0 Å². The second-order valence-corrected chi connectivity index (χ2v) is 9.06.